The van der Waals surface area contributed by atoms with Gasteiger partial charge in [0.05, 0.1) is 5.02 Å². The Kier molecular flexibility index (Phi) is 10.3. The summed E-state index contributed by atoms with van der Waals surface area (Å²) in [5, 5.41) is 10.4. The number of carbonyl (C=O) groups excluding carboxylic acids is 3. The van der Waals surface area contributed by atoms with Gasteiger partial charge in [-0.2, -0.15) is 0 Å². The molecule has 3 amide bonds. The van der Waals surface area contributed by atoms with Crippen LogP contribution in [0.2, 0.25) is 5.02 Å². The van der Waals surface area contributed by atoms with Crippen LogP contribution < -0.4 is 16.0 Å². The van der Waals surface area contributed by atoms with E-state index in [0.29, 0.717) is 22.1 Å². The molecule has 0 saturated carbocycles. The highest BCUT2D eigenvalue weighted by Gasteiger charge is 2.23. The zero-order valence-corrected chi connectivity index (χ0v) is 27.0. The molecule has 1 atom stereocenters. The van der Waals surface area contributed by atoms with Crippen molar-refractivity contribution in [3.63, 3.8) is 0 Å². The van der Waals surface area contributed by atoms with Gasteiger partial charge in [0.1, 0.15) is 16.8 Å². The van der Waals surface area contributed by atoms with E-state index in [2.05, 4.69) is 20.9 Å². The van der Waals surface area contributed by atoms with Crippen LogP contribution in [0.4, 0.5) is 11.5 Å². The predicted octanol–water partition coefficient (Wildman–Crippen LogP) is 8.77. The first-order valence-corrected chi connectivity index (χ1v) is 16.3. The first-order valence-electron chi connectivity index (χ1n) is 15.0. The summed E-state index contributed by atoms with van der Waals surface area (Å²) >= 11 is 7.30. The quantitative estimate of drug-likeness (QED) is 0.100. The maximum Gasteiger partial charge on any atom is 0.272 e. The molecule has 236 valence electrons. The fourth-order valence-electron chi connectivity index (χ4n) is 5.00. The van der Waals surface area contributed by atoms with Gasteiger partial charge in [-0.05, 0) is 70.4 Å². The molecule has 0 aliphatic rings. The molecule has 1 heterocycles. The van der Waals surface area contributed by atoms with Crippen LogP contribution in [-0.4, -0.2) is 22.7 Å². The van der Waals surface area contributed by atoms with Gasteiger partial charge in [-0.3, -0.25) is 14.4 Å². The van der Waals surface area contributed by atoms with Crippen molar-refractivity contribution in [1.29, 1.82) is 0 Å². The summed E-state index contributed by atoms with van der Waals surface area (Å²) in [4.78, 5) is 45.5. The van der Waals surface area contributed by atoms with E-state index in [1.54, 1.807) is 60.7 Å². The third kappa shape index (κ3) is 8.17. The predicted molar refractivity (Wildman–Crippen MR) is 194 cm³/mol. The highest BCUT2D eigenvalue weighted by atomic mass is 35.5. The van der Waals surface area contributed by atoms with Gasteiger partial charge in [0.15, 0.2) is 0 Å². The molecule has 0 fully saturated rings. The van der Waals surface area contributed by atoms with Gasteiger partial charge >= 0.3 is 0 Å². The van der Waals surface area contributed by atoms with Crippen molar-refractivity contribution in [2.45, 2.75) is 10.1 Å². The summed E-state index contributed by atoms with van der Waals surface area (Å²) in [7, 11) is 0. The Morgan fingerprint density at radius 2 is 1.44 bits per heavy atom. The number of thioether (sulfide) groups is 1. The fourth-order valence-corrected chi connectivity index (χ4v) is 6.19. The van der Waals surface area contributed by atoms with Crippen molar-refractivity contribution in [2.75, 3.05) is 10.6 Å². The van der Waals surface area contributed by atoms with E-state index >= 15 is 0 Å². The second-order valence-corrected chi connectivity index (χ2v) is 12.3. The van der Waals surface area contributed by atoms with Crippen LogP contribution in [0.1, 0.15) is 26.7 Å². The number of fused-ring (bicyclic) bond motifs is 1. The molecule has 5 aromatic carbocycles. The molecule has 1 aromatic heterocycles. The average Bonchev–Trinajstić information content (AvgIpc) is 3.12. The number of amides is 3. The Bertz CT molecular complexity index is 2100. The maximum absolute atomic E-state index is 13.8. The Balaban J connectivity index is 1.26. The van der Waals surface area contributed by atoms with Crippen molar-refractivity contribution in [3.8, 4) is 0 Å². The minimum absolute atomic E-state index is 0.0790. The van der Waals surface area contributed by atoms with Gasteiger partial charge in [-0.1, -0.05) is 109 Å². The number of anilines is 2. The van der Waals surface area contributed by atoms with Gasteiger partial charge in [-0.15, -0.1) is 11.8 Å². The number of rotatable bonds is 10. The van der Waals surface area contributed by atoms with Crippen LogP contribution >= 0.6 is 23.4 Å². The Labute approximate surface area is 287 Å². The molecule has 9 heteroatoms. The van der Waals surface area contributed by atoms with E-state index in [-0.39, 0.29) is 11.6 Å². The van der Waals surface area contributed by atoms with Crippen LogP contribution in [0.25, 0.3) is 16.8 Å². The van der Waals surface area contributed by atoms with E-state index in [4.69, 9.17) is 11.6 Å². The lowest BCUT2D eigenvalue weighted by atomic mass is 10.0. The van der Waals surface area contributed by atoms with Gasteiger partial charge in [0.2, 0.25) is 5.91 Å². The topological polar surface area (TPSA) is 100 Å². The number of nitrogens with zero attached hydrogens (tertiary/aromatic N) is 1. The van der Waals surface area contributed by atoms with Crippen LogP contribution in [0.3, 0.4) is 0 Å². The molecule has 0 aliphatic carbocycles. The van der Waals surface area contributed by atoms with Crippen molar-refractivity contribution in [3.05, 3.63) is 173 Å². The highest BCUT2D eigenvalue weighted by molar-refractivity contribution is 8.00. The monoisotopic (exact) mass is 668 g/mol. The largest absolute Gasteiger partial charge is 0.321 e. The van der Waals surface area contributed by atoms with Crippen LogP contribution in [-0.2, 0) is 9.59 Å². The average molecular weight is 669 g/mol. The zero-order valence-electron chi connectivity index (χ0n) is 25.5. The van der Waals surface area contributed by atoms with Gasteiger partial charge in [0.25, 0.3) is 11.8 Å². The lowest BCUT2D eigenvalue weighted by Crippen LogP contribution is -2.30. The first kappa shape index (κ1) is 32.2. The van der Waals surface area contributed by atoms with Crippen molar-refractivity contribution < 1.29 is 14.4 Å². The summed E-state index contributed by atoms with van der Waals surface area (Å²) in [6.45, 7) is 0. The first-order chi connectivity index (χ1) is 23.4. The molecule has 0 radical (unpaired) electrons. The third-order valence-corrected chi connectivity index (χ3v) is 8.79. The smallest absolute Gasteiger partial charge is 0.272 e. The Hall–Kier alpha value is -5.70. The minimum atomic E-state index is -0.624. The van der Waals surface area contributed by atoms with Gasteiger partial charge < -0.3 is 16.0 Å². The molecule has 6 aromatic rings. The lowest BCUT2D eigenvalue weighted by molar-refractivity contribution is -0.116. The minimum Gasteiger partial charge on any atom is -0.321 e. The van der Waals surface area contributed by atoms with E-state index < -0.39 is 17.1 Å². The number of hydrogen-bond donors (Lipinski definition) is 3. The fraction of sp³-hybridized carbons (Fsp3) is 0.0256. The molecule has 0 bridgehead atoms. The molecule has 3 N–H and O–H groups in total. The number of pyridine rings is 1. The van der Waals surface area contributed by atoms with E-state index in [1.807, 2.05) is 84.9 Å². The maximum atomic E-state index is 13.8. The molecule has 7 nitrogen and oxygen atoms in total. The molecule has 0 spiro atoms. The molecular weight excluding hydrogens is 640 g/mol. The number of aromatic nitrogens is 1. The number of halogens is 1. The molecule has 1 unspecified atom stereocenters. The van der Waals surface area contributed by atoms with E-state index in [1.165, 1.54) is 18.0 Å². The Morgan fingerprint density at radius 1 is 0.729 bits per heavy atom. The van der Waals surface area contributed by atoms with E-state index in [0.717, 1.165) is 26.8 Å². The molecule has 0 aliphatic heterocycles. The molecule has 6 rings (SSSR count). The van der Waals surface area contributed by atoms with Gasteiger partial charge in [0, 0.05) is 22.3 Å². The van der Waals surface area contributed by atoms with E-state index in [9.17, 15) is 14.4 Å². The lowest BCUT2D eigenvalue weighted by Gasteiger charge is -2.17. The standard InChI is InChI=1S/C39H29ClN4O3S/c40-30-21-22-35(41-25-30)44-39(47)36(27-12-3-1-4-13-27)48-32-19-10-18-31(24-32)42-38(46)34(43-37(45)28-14-5-2-6-15-28)23-29-17-9-16-26-11-7-8-20-33(26)29/h1-25,36H,(H,42,46)(H,43,45)(H,41,44,47)/b34-23+. The summed E-state index contributed by atoms with van der Waals surface area (Å²) in [6, 6.07) is 42.3. The summed E-state index contributed by atoms with van der Waals surface area (Å²) < 4.78 is 0. The van der Waals surface area contributed by atoms with Crippen molar-refractivity contribution >= 4 is 69.4 Å². The van der Waals surface area contributed by atoms with Crippen LogP contribution in [0, 0.1) is 0 Å². The van der Waals surface area contributed by atoms with Crippen LogP contribution in [0.15, 0.2) is 156 Å². The van der Waals surface area contributed by atoms with Crippen LogP contribution in [0.5, 0.6) is 0 Å². The SMILES string of the molecule is O=C(Nc1cccc(SC(C(=O)Nc2ccc(Cl)cn2)c2ccccc2)c1)/C(=C\c1cccc2ccccc12)NC(=O)c1ccccc1. The second-order valence-electron chi connectivity index (χ2n) is 10.7. The number of nitrogens with one attached hydrogen (secondary N) is 3. The molecular formula is C39H29ClN4O3S. The summed E-state index contributed by atoms with van der Waals surface area (Å²) in [5.41, 5.74) is 2.58. The third-order valence-electron chi connectivity index (χ3n) is 7.32. The van der Waals surface area contributed by atoms with Gasteiger partial charge in [-0.25, -0.2) is 4.98 Å². The summed E-state index contributed by atoms with van der Waals surface area (Å²) in [5.74, 6) is -0.789. The molecule has 48 heavy (non-hydrogen) atoms. The van der Waals surface area contributed by atoms with Crippen molar-refractivity contribution in [2.24, 2.45) is 0 Å². The zero-order chi connectivity index (χ0) is 33.3. The highest BCUT2D eigenvalue weighted by Crippen LogP contribution is 2.37. The number of hydrogen-bond acceptors (Lipinski definition) is 5. The van der Waals surface area contributed by atoms with Crippen molar-refractivity contribution in [1.82, 2.24) is 10.3 Å². The second kappa shape index (κ2) is 15.3. The summed E-state index contributed by atoms with van der Waals surface area (Å²) in [6.07, 6.45) is 3.15. The molecule has 0 saturated heterocycles. The Morgan fingerprint density at radius 3 is 2.21 bits per heavy atom. The normalized spacial score (nSPS) is 11.8. The number of carbonyl (C=O) groups is 3. The number of benzene rings is 5.